The Hall–Kier alpha value is -2.88. The molecule has 0 spiro atoms. The third kappa shape index (κ3) is 5.27. The van der Waals surface area contributed by atoms with Gasteiger partial charge in [0.25, 0.3) is 5.91 Å². The Kier molecular flexibility index (Phi) is 6.97. The number of hydrogen-bond acceptors (Lipinski definition) is 7. The Balaban J connectivity index is 1.58. The summed E-state index contributed by atoms with van der Waals surface area (Å²) in [6.07, 6.45) is 1.57. The molecule has 1 amide bonds. The zero-order valence-electron chi connectivity index (χ0n) is 19.8. The van der Waals surface area contributed by atoms with Crippen molar-refractivity contribution in [3.8, 4) is 5.75 Å². The number of rotatable bonds is 7. The van der Waals surface area contributed by atoms with Crippen LogP contribution in [0.5, 0.6) is 5.75 Å². The Labute approximate surface area is 203 Å². The lowest BCUT2D eigenvalue weighted by atomic mass is 9.95. The van der Waals surface area contributed by atoms with Crippen LogP contribution in [0.15, 0.2) is 36.5 Å². The zero-order valence-corrected chi connectivity index (χ0v) is 20.5. The van der Waals surface area contributed by atoms with E-state index in [1.807, 2.05) is 38.1 Å². The first-order valence-electron chi connectivity index (χ1n) is 11.2. The third-order valence-corrected chi connectivity index (χ3v) is 6.14. The molecule has 0 radical (unpaired) electrons. The molecule has 2 unspecified atom stereocenters. The topological polar surface area (TPSA) is 101 Å². The molecule has 0 aliphatic carbocycles. The molecule has 1 aromatic carbocycles. The van der Waals surface area contributed by atoms with E-state index in [1.54, 1.807) is 28.6 Å². The number of halogens is 1. The van der Waals surface area contributed by atoms with Gasteiger partial charge in [-0.1, -0.05) is 23.7 Å². The molecule has 2 aromatic heterocycles. The molecule has 34 heavy (non-hydrogen) atoms. The molecular formula is C24H30ClN5O4. The van der Waals surface area contributed by atoms with Crippen LogP contribution in [0.25, 0.3) is 5.65 Å². The number of benzene rings is 1. The van der Waals surface area contributed by atoms with Crippen LogP contribution in [0.1, 0.15) is 43.1 Å². The number of aromatic nitrogens is 3. The Morgan fingerprint density at radius 3 is 2.94 bits per heavy atom. The van der Waals surface area contributed by atoms with Crippen LogP contribution in [0.2, 0.25) is 5.02 Å². The summed E-state index contributed by atoms with van der Waals surface area (Å²) in [6, 6.07) is 9.11. The number of aliphatic hydroxyl groups excluding tert-OH is 1. The lowest BCUT2D eigenvalue weighted by Gasteiger charge is -2.44. The molecule has 1 aliphatic heterocycles. The van der Waals surface area contributed by atoms with E-state index in [0.717, 1.165) is 5.56 Å². The third-order valence-electron chi connectivity index (χ3n) is 5.90. The average molecular weight is 488 g/mol. The quantitative estimate of drug-likeness (QED) is 0.526. The van der Waals surface area contributed by atoms with Gasteiger partial charge in [-0.25, -0.2) is 4.52 Å². The highest BCUT2D eigenvalue weighted by Gasteiger charge is 2.39. The van der Waals surface area contributed by atoms with Crippen LogP contribution in [-0.4, -0.2) is 68.5 Å². The van der Waals surface area contributed by atoms with Crippen LogP contribution < -0.4 is 10.1 Å². The standard InChI is InChI=1S/C24H30ClN5O4/c1-15-13-34-24(3,10-16(2)31)14-29(15)22(32)18-9-20(33-4)21-27-23(28-30(21)12-18)26-11-17-6-5-7-19(25)8-17/h5-9,12,15-16,31H,10-11,13-14H2,1-4H3,(H,26,28)/t15-,16?,24?/m1/s1. The highest BCUT2D eigenvalue weighted by Crippen LogP contribution is 2.29. The van der Waals surface area contributed by atoms with Crippen LogP contribution in [-0.2, 0) is 11.3 Å². The first-order valence-corrected chi connectivity index (χ1v) is 11.6. The molecule has 9 nitrogen and oxygen atoms in total. The van der Waals surface area contributed by atoms with Crippen molar-refractivity contribution in [1.82, 2.24) is 19.5 Å². The van der Waals surface area contributed by atoms with Gasteiger partial charge in [-0.3, -0.25) is 4.79 Å². The molecule has 3 heterocycles. The summed E-state index contributed by atoms with van der Waals surface area (Å²) in [7, 11) is 1.54. The smallest absolute Gasteiger partial charge is 0.255 e. The molecule has 4 rings (SSSR count). The molecule has 0 saturated carbocycles. The van der Waals surface area contributed by atoms with Crippen molar-refractivity contribution in [3.63, 3.8) is 0 Å². The van der Waals surface area contributed by atoms with E-state index in [-0.39, 0.29) is 11.9 Å². The Morgan fingerprint density at radius 1 is 1.44 bits per heavy atom. The number of carbonyl (C=O) groups is 1. The second-order valence-corrected chi connectivity index (χ2v) is 9.52. The summed E-state index contributed by atoms with van der Waals surface area (Å²) in [4.78, 5) is 19.8. The van der Waals surface area contributed by atoms with Crippen molar-refractivity contribution < 1.29 is 19.4 Å². The Bertz CT molecular complexity index is 1180. The maximum Gasteiger partial charge on any atom is 0.255 e. The van der Waals surface area contributed by atoms with E-state index in [0.29, 0.717) is 54.0 Å². The van der Waals surface area contributed by atoms with Crippen LogP contribution >= 0.6 is 11.6 Å². The molecule has 1 saturated heterocycles. The van der Waals surface area contributed by atoms with Gasteiger partial charge in [0.15, 0.2) is 11.4 Å². The monoisotopic (exact) mass is 487 g/mol. The Morgan fingerprint density at radius 2 is 2.24 bits per heavy atom. The van der Waals surface area contributed by atoms with Crippen molar-refractivity contribution in [2.75, 3.05) is 25.6 Å². The van der Waals surface area contributed by atoms with E-state index in [9.17, 15) is 9.90 Å². The molecule has 3 aromatic rings. The number of aliphatic hydroxyl groups is 1. The van der Waals surface area contributed by atoms with Crippen LogP contribution in [0.4, 0.5) is 5.95 Å². The molecule has 182 valence electrons. The highest BCUT2D eigenvalue weighted by molar-refractivity contribution is 6.30. The maximum atomic E-state index is 13.5. The number of nitrogens with zero attached hydrogens (tertiary/aromatic N) is 4. The molecule has 2 N–H and O–H groups in total. The minimum Gasteiger partial charge on any atom is -0.493 e. The lowest BCUT2D eigenvalue weighted by molar-refractivity contribution is -0.124. The lowest BCUT2D eigenvalue weighted by Crippen LogP contribution is -2.57. The normalized spacial score (nSPS) is 21.5. The number of ether oxygens (including phenoxy) is 2. The minimum absolute atomic E-state index is 0.109. The number of morpholine rings is 1. The first-order chi connectivity index (χ1) is 16.2. The van der Waals surface area contributed by atoms with Gasteiger partial charge >= 0.3 is 0 Å². The minimum atomic E-state index is -0.616. The van der Waals surface area contributed by atoms with Gasteiger partial charge in [0.2, 0.25) is 5.95 Å². The summed E-state index contributed by atoms with van der Waals surface area (Å²) < 4.78 is 13.0. The molecule has 3 atom stereocenters. The number of nitrogens with one attached hydrogen (secondary N) is 1. The molecular weight excluding hydrogens is 458 g/mol. The number of anilines is 1. The van der Waals surface area contributed by atoms with E-state index < -0.39 is 11.7 Å². The molecule has 10 heteroatoms. The number of carbonyl (C=O) groups excluding carboxylic acids is 1. The van der Waals surface area contributed by atoms with Crippen molar-refractivity contribution in [2.24, 2.45) is 0 Å². The summed E-state index contributed by atoms with van der Waals surface area (Å²) in [6.45, 7) is 6.87. The number of pyridine rings is 1. The van der Waals surface area contributed by atoms with Gasteiger partial charge < -0.3 is 24.8 Å². The van der Waals surface area contributed by atoms with E-state index in [1.165, 1.54) is 7.11 Å². The summed E-state index contributed by atoms with van der Waals surface area (Å²) >= 11 is 6.06. The average Bonchev–Trinajstić information content (AvgIpc) is 3.21. The second kappa shape index (κ2) is 9.77. The van der Waals surface area contributed by atoms with Gasteiger partial charge in [-0.2, -0.15) is 4.98 Å². The van der Waals surface area contributed by atoms with Gasteiger partial charge in [-0.15, -0.1) is 5.10 Å². The maximum absolute atomic E-state index is 13.5. The summed E-state index contributed by atoms with van der Waals surface area (Å²) in [5.74, 6) is 0.700. The van der Waals surface area contributed by atoms with Crippen molar-refractivity contribution in [2.45, 2.75) is 51.5 Å². The SMILES string of the molecule is COc1cc(C(=O)N2CC(C)(CC(C)O)OC[C@H]2C)cn2nc(NCc3cccc(Cl)c3)nc12. The predicted octanol–water partition coefficient (Wildman–Crippen LogP) is 3.39. The molecule has 0 bridgehead atoms. The van der Waals surface area contributed by atoms with Gasteiger partial charge in [-0.05, 0) is 44.5 Å². The predicted molar refractivity (Wildman–Crippen MR) is 129 cm³/mol. The van der Waals surface area contributed by atoms with Gasteiger partial charge in [0.1, 0.15) is 0 Å². The molecule has 1 fully saturated rings. The number of hydrogen-bond donors (Lipinski definition) is 2. The summed E-state index contributed by atoms with van der Waals surface area (Å²) in [5.41, 5.74) is 1.32. The fraction of sp³-hybridized carbons (Fsp3) is 0.458. The fourth-order valence-corrected chi connectivity index (χ4v) is 4.50. The summed E-state index contributed by atoms with van der Waals surface area (Å²) in [5, 5.41) is 18.2. The number of amides is 1. The number of fused-ring (bicyclic) bond motifs is 1. The van der Waals surface area contributed by atoms with Gasteiger partial charge in [0.05, 0.1) is 43.6 Å². The fourth-order valence-electron chi connectivity index (χ4n) is 4.29. The zero-order chi connectivity index (χ0) is 24.5. The van der Waals surface area contributed by atoms with E-state index in [4.69, 9.17) is 21.1 Å². The van der Waals surface area contributed by atoms with Crippen LogP contribution in [0.3, 0.4) is 0 Å². The van der Waals surface area contributed by atoms with Gasteiger partial charge in [0, 0.05) is 24.2 Å². The van der Waals surface area contributed by atoms with E-state index >= 15 is 0 Å². The van der Waals surface area contributed by atoms with Crippen molar-refractivity contribution in [3.05, 3.63) is 52.7 Å². The van der Waals surface area contributed by atoms with Crippen molar-refractivity contribution >= 4 is 29.1 Å². The van der Waals surface area contributed by atoms with Crippen molar-refractivity contribution in [1.29, 1.82) is 0 Å². The largest absolute Gasteiger partial charge is 0.493 e. The highest BCUT2D eigenvalue weighted by atomic mass is 35.5. The number of methoxy groups -OCH3 is 1. The molecule has 1 aliphatic rings. The second-order valence-electron chi connectivity index (χ2n) is 9.08. The van der Waals surface area contributed by atoms with E-state index in [2.05, 4.69) is 15.4 Å². The van der Waals surface area contributed by atoms with Crippen LogP contribution in [0, 0.1) is 0 Å². The first kappa shape index (κ1) is 24.3.